The lowest BCUT2D eigenvalue weighted by atomic mass is 10.1. The molecule has 0 saturated heterocycles. The molecule has 0 radical (unpaired) electrons. The van der Waals surface area contributed by atoms with Crippen LogP contribution in [0.25, 0.3) is 16.9 Å². The third-order valence-electron chi connectivity index (χ3n) is 4.88. The number of hydrogen-bond acceptors (Lipinski definition) is 3. The molecule has 0 atom stereocenters. The third kappa shape index (κ3) is 4.67. The first-order valence-corrected chi connectivity index (χ1v) is 10.2. The number of nitrogens with one attached hydrogen (secondary N) is 3. The number of para-hydroxylation sites is 1. The molecule has 32 heavy (non-hydrogen) atoms. The number of anilines is 2. The van der Waals surface area contributed by atoms with E-state index in [0.717, 1.165) is 16.8 Å². The minimum absolute atomic E-state index is 0.291. The SMILES string of the molecule is CNC(=O)Nc1cccc(NC(=O)c2cn(-c3ccccc3)nc2-c2cccc(C)c2)c1. The van der Waals surface area contributed by atoms with Crippen molar-refractivity contribution in [2.24, 2.45) is 0 Å². The highest BCUT2D eigenvalue weighted by Crippen LogP contribution is 2.26. The number of urea groups is 1. The molecular weight excluding hydrogens is 402 g/mol. The Morgan fingerprint density at radius 2 is 1.56 bits per heavy atom. The van der Waals surface area contributed by atoms with Crippen LogP contribution < -0.4 is 16.0 Å². The van der Waals surface area contributed by atoms with E-state index in [9.17, 15) is 9.59 Å². The van der Waals surface area contributed by atoms with Gasteiger partial charge in [0, 0.05) is 30.2 Å². The van der Waals surface area contributed by atoms with Crippen molar-refractivity contribution in [3.63, 3.8) is 0 Å². The van der Waals surface area contributed by atoms with Gasteiger partial charge >= 0.3 is 6.03 Å². The fourth-order valence-corrected chi connectivity index (χ4v) is 3.33. The zero-order valence-electron chi connectivity index (χ0n) is 17.8. The molecule has 0 bridgehead atoms. The molecule has 1 heterocycles. The number of benzene rings is 3. The van der Waals surface area contributed by atoms with Gasteiger partial charge in [-0.3, -0.25) is 4.79 Å². The van der Waals surface area contributed by atoms with Crippen molar-refractivity contribution in [1.82, 2.24) is 15.1 Å². The molecule has 1 aromatic heterocycles. The van der Waals surface area contributed by atoms with Gasteiger partial charge in [0.15, 0.2) is 0 Å². The van der Waals surface area contributed by atoms with Crippen molar-refractivity contribution in [1.29, 1.82) is 0 Å². The molecule has 0 fully saturated rings. The zero-order chi connectivity index (χ0) is 22.5. The molecular formula is C25H23N5O2. The van der Waals surface area contributed by atoms with Gasteiger partial charge in [-0.05, 0) is 43.3 Å². The lowest BCUT2D eigenvalue weighted by Gasteiger charge is -2.09. The van der Waals surface area contributed by atoms with Gasteiger partial charge < -0.3 is 16.0 Å². The summed E-state index contributed by atoms with van der Waals surface area (Å²) in [5.41, 5.74) is 4.97. The Morgan fingerprint density at radius 3 is 2.28 bits per heavy atom. The second-order valence-corrected chi connectivity index (χ2v) is 7.28. The molecule has 0 aliphatic rings. The molecule has 0 spiro atoms. The number of amides is 3. The molecule has 3 aromatic carbocycles. The van der Waals surface area contributed by atoms with Crippen molar-refractivity contribution in [2.75, 3.05) is 17.7 Å². The number of hydrogen-bond donors (Lipinski definition) is 3. The van der Waals surface area contributed by atoms with E-state index in [2.05, 4.69) is 16.0 Å². The number of carbonyl (C=O) groups is 2. The van der Waals surface area contributed by atoms with Gasteiger partial charge in [-0.2, -0.15) is 5.10 Å². The highest BCUT2D eigenvalue weighted by atomic mass is 16.2. The van der Waals surface area contributed by atoms with Crippen molar-refractivity contribution in [2.45, 2.75) is 6.92 Å². The molecule has 3 amide bonds. The summed E-state index contributed by atoms with van der Waals surface area (Å²) in [6, 6.07) is 24.2. The van der Waals surface area contributed by atoms with E-state index in [1.54, 1.807) is 35.1 Å². The predicted molar refractivity (Wildman–Crippen MR) is 126 cm³/mol. The number of nitrogens with zero attached hydrogens (tertiary/aromatic N) is 2. The van der Waals surface area contributed by atoms with Crippen LogP contribution in [0.1, 0.15) is 15.9 Å². The quantitative estimate of drug-likeness (QED) is 0.427. The summed E-state index contributed by atoms with van der Waals surface area (Å²) in [7, 11) is 1.54. The van der Waals surface area contributed by atoms with Gasteiger partial charge in [-0.1, -0.05) is 48.0 Å². The summed E-state index contributed by atoms with van der Waals surface area (Å²) in [6.07, 6.45) is 1.73. The Bertz CT molecular complexity index is 1260. The average Bonchev–Trinajstić information content (AvgIpc) is 3.26. The topological polar surface area (TPSA) is 88.0 Å². The summed E-state index contributed by atoms with van der Waals surface area (Å²) in [4.78, 5) is 24.8. The summed E-state index contributed by atoms with van der Waals surface area (Å²) in [5.74, 6) is -0.291. The second-order valence-electron chi connectivity index (χ2n) is 7.28. The molecule has 3 N–H and O–H groups in total. The van der Waals surface area contributed by atoms with E-state index in [-0.39, 0.29) is 11.9 Å². The third-order valence-corrected chi connectivity index (χ3v) is 4.88. The summed E-state index contributed by atoms with van der Waals surface area (Å²) in [6.45, 7) is 2.00. The van der Waals surface area contributed by atoms with Crippen LogP contribution in [0.15, 0.2) is 85.1 Å². The molecule has 7 nitrogen and oxygen atoms in total. The molecule has 160 valence electrons. The highest BCUT2D eigenvalue weighted by Gasteiger charge is 2.19. The summed E-state index contributed by atoms with van der Waals surface area (Å²) < 4.78 is 1.70. The second kappa shape index (κ2) is 9.18. The van der Waals surface area contributed by atoms with Gasteiger partial charge in [0.25, 0.3) is 5.91 Å². The van der Waals surface area contributed by atoms with E-state index in [0.29, 0.717) is 22.6 Å². The van der Waals surface area contributed by atoms with E-state index >= 15 is 0 Å². The Kier molecular flexibility index (Phi) is 5.98. The lowest BCUT2D eigenvalue weighted by Crippen LogP contribution is -2.24. The van der Waals surface area contributed by atoms with Gasteiger partial charge in [0.1, 0.15) is 5.69 Å². The van der Waals surface area contributed by atoms with Crippen LogP contribution in [-0.4, -0.2) is 28.8 Å². The fraction of sp³-hybridized carbons (Fsp3) is 0.0800. The van der Waals surface area contributed by atoms with Crippen molar-refractivity contribution in [3.8, 4) is 16.9 Å². The number of aryl methyl sites for hydroxylation is 1. The molecule has 0 saturated carbocycles. The first-order valence-electron chi connectivity index (χ1n) is 10.2. The predicted octanol–water partition coefficient (Wildman–Crippen LogP) is 4.85. The molecule has 0 aliphatic heterocycles. The Balaban J connectivity index is 1.69. The molecule has 0 unspecified atom stereocenters. The highest BCUT2D eigenvalue weighted by molar-refractivity contribution is 6.08. The van der Waals surface area contributed by atoms with Gasteiger partial charge in [-0.25, -0.2) is 9.48 Å². The van der Waals surface area contributed by atoms with E-state index in [4.69, 9.17) is 5.10 Å². The van der Waals surface area contributed by atoms with Gasteiger partial charge in [0.05, 0.1) is 11.3 Å². The van der Waals surface area contributed by atoms with Crippen molar-refractivity contribution < 1.29 is 9.59 Å². The van der Waals surface area contributed by atoms with E-state index in [1.165, 1.54) is 7.05 Å². The van der Waals surface area contributed by atoms with Crippen LogP contribution >= 0.6 is 0 Å². The first-order chi connectivity index (χ1) is 15.5. The molecule has 4 aromatic rings. The van der Waals surface area contributed by atoms with Crippen LogP contribution in [-0.2, 0) is 0 Å². The normalized spacial score (nSPS) is 10.4. The number of aromatic nitrogens is 2. The van der Waals surface area contributed by atoms with Crippen molar-refractivity contribution in [3.05, 3.63) is 96.2 Å². The summed E-state index contributed by atoms with van der Waals surface area (Å²) in [5, 5.41) is 12.8. The van der Waals surface area contributed by atoms with Crippen LogP contribution in [0.3, 0.4) is 0 Å². The van der Waals surface area contributed by atoms with Crippen LogP contribution in [0, 0.1) is 6.92 Å². The largest absolute Gasteiger partial charge is 0.341 e. The van der Waals surface area contributed by atoms with Crippen LogP contribution in [0.4, 0.5) is 16.2 Å². The molecule has 7 heteroatoms. The maximum atomic E-state index is 13.3. The Labute approximate surface area is 186 Å². The van der Waals surface area contributed by atoms with E-state index in [1.807, 2.05) is 61.5 Å². The summed E-state index contributed by atoms with van der Waals surface area (Å²) >= 11 is 0. The minimum Gasteiger partial charge on any atom is -0.341 e. The van der Waals surface area contributed by atoms with Gasteiger partial charge in [-0.15, -0.1) is 0 Å². The monoisotopic (exact) mass is 425 g/mol. The molecule has 0 aliphatic carbocycles. The van der Waals surface area contributed by atoms with Crippen molar-refractivity contribution >= 4 is 23.3 Å². The molecule has 4 rings (SSSR count). The zero-order valence-corrected chi connectivity index (χ0v) is 17.8. The first kappa shape index (κ1) is 20.9. The number of carbonyl (C=O) groups excluding carboxylic acids is 2. The van der Waals surface area contributed by atoms with Crippen LogP contribution in [0.5, 0.6) is 0 Å². The van der Waals surface area contributed by atoms with Gasteiger partial charge in [0.2, 0.25) is 0 Å². The average molecular weight is 425 g/mol. The lowest BCUT2D eigenvalue weighted by molar-refractivity contribution is 0.102. The maximum absolute atomic E-state index is 13.3. The standard InChI is InChI=1S/C25H23N5O2/c1-17-8-6-9-18(14-17)23-22(16-30(29-23)21-12-4-3-5-13-21)24(31)27-19-10-7-11-20(15-19)28-25(32)26-2/h3-16H,1-2H3,(H,27,31)(H2,26,28,32). The van der Waals surface area contributed by atoms with Crippen LogP contribution in [0.2, 0.25) is 0 Å². The minimum atomic E-state index is -0.334. The fourth-order valence-electron chi connectivity index (χ4n) is 3.33. The smallest absolute Gasteiger partial charge is 0.318 e. The maximum Gasteiger partial charge on any atom is 0.318 e. The van der Waals surface area contributed by atoms with E-state index < -0.39 is 0 Å². The number of rotatable bonds is 5. The Morgan fingerprint density at radius 1 is 0.844 bits per heavy atom. The Hall–Kier alpha value is -4.39.